The number of anilines is 1. The second-order valence-corrected chi connectivity index (χ2v) is 6.94. The summed E-state index contributed by atoms with van der Waals surface area (Å²) in [5, 5.41) is 0. The van der Waals surface area contributed by atoms with Gasteiger partial charge in [-0.15, -0.1) is 0 Å². The zero-order chi connectivity index (χ0) is 16.2. The summed E-state index contributed by atoms with van der Waals surface area (Å²) in [7, 11) is -1.80. The molecule has 7 heteroatoms. The van der Waals surface area contributed by atoms with Gasteiger partial charge >= 0.3 is 0 Å². The number of aromatic nitrogens is 2. The molecule has 1 aromatic carbocycles. The molecule has 1 heterocycles. The molecule has 0 spiro atoms. The first-order chi connectivity index (χ1) is 10.5. The van der Waals surface area contributed by atoms with Crippen molar-refractivity contribution in [3.8, 4) is 0 Å². The fourth-order valence-corrected chi connectivity index (χ4v) is 3.10. The van der Waals surface area contributed by atoms with E-state index in [9.17, 15) is 13.2 Å². The van der Waals surface area contributed by atoms with Gasteiger partial charge in [0.25, 0.3) is 0 Å². The number of sulfone groups is 1. The van der Waals surface area contributed by atoms with Crippen molar-refractivity contribution < 1.29 is 13.2 Å². The van der Waals surface area contributed by atoms with Crippen LogP contribution in [0.5, 0.6) is 0 Å². The number of carbonyl (C=O) groups excluding carboxylic acids is 1. The molecule has 6 nitrogen and oxygen atoms in total. The first-order valence-corrected chi connectivity index (χ1v) is 8.45. The Morgan fingerprint density at radius 1 is 1.14 bits per heavy atom. The van der Waals surface area contributed by atoms with Gasteiger partial charge in [-0.2, -0.15) is 0 Å². The van der Waals surface area contributed by atoms with Crippen LogP contribution in [0.1, 0.15) is 12.5 Å². The number of amides is 1. The molecule has 0 aliphatic heterocycles. The maximum atomic E-state index is 12.3. The van der Waals surface area contributed by atoms with Crippen LogP contribution in [0.2, 0.25) is 0 Å². The molecule has 0 radical (unpaired) electrons. The number of benzene rings is 1. The molecule has 0 aliphatic carbocycles. The monoisotopic (exact) mass is 319 g/mol. The zero-order valence-corrected chi connectivity index (χ0v) is 13.2. The Hall–Kier alpha value is -2.28. The summed E-state index contributed by atoms with van der Waals surface area (Å²) in [4.78, 5) is 21.9. The van der Waals surface area contributed by atoms with Gasteiger partial charge in [0.2, 0.25) is 11.9 Å². The third-order valence-corrected chi connectivity index (χ3v) is 5.08. The van der Waals surface area contributed by atoms with Gasteiger partial charge in [-0.3, -0.25) is 9.69 Å². The van der Waals surface area contributed by atoms with Crippen LogP contribution in [0.4, 0.5) is 5.95 Å². The van der Waals surface area contributed by atoms with Crippen LogP contribution in [0.15, 0.2) is 47.6 Å². The van der Waals surface area contributed by atoms with E-state index in [4.69, 9.17) is 0 Å². The summed E-state index contributed by atoms with van der Waals surface area (Å²) >= 11 is 0. The normalized spacial score (nSPS) is 11.2. The van der Waals surface area contributed by atoms with Gasteiger partial charge in [-0.25, -0.2) is 18.4 Å². The van der Waals surface area contributed by atoms with Crippen molar-refractivity contribution >= 4 is 21.7 Å². The van der Waals surface area contributed by atoms with E-state index in [0.29, 0.717) is 5.56 Å². The molecule has 2 aromatic rings. The maximum absolute atomic E-state index is 12.3. The van der Waals surface area contributed by atoms with Crippen LogP contribution in [-0.2, 0) is 21.1 Å². The molecule has 22 heavy (non-hydrogen) atoms. The van der Waals surface area contributed by atoms with Crippen molar-refractivity contribution in [2.24, 2.45) is 0 Å². The molecule has 0 saturated carbocycles. The molecular formula is C15H17N3O3S. The first-order valence-electron chi connectivity index (χ1n) is 6.80. The van der Waals surface area contributed by atoms with E-state index in [1.807, 2.05) is 0 Å². The highest BCUT2D eigenvalue weighted by atomic mass is 32.2. The lowest BCUT2D eigenvalue weighted by atomic mass is 10.1. The minimum absolute atomic E-state index is 0.00413. The van der Waals surface area contributed by atoms with Crippen molar-refractivity contribution in [3.63, 3.8) is 0 Å². The molecule has 0 aliphatic rings. The fraction of sp³-hybridized carbons (Fsp3) is 0.267. The van der Waals surface area contributed by atoms with Crippen molar-refractivity contribution in [1.29, 1.82) is 0 Å². The standard InChI is InChI=1S/C15H17N3O3S/c1-3-22(20,21)13-8-5-4-7-12(13)11-14(19)18(2)15-16-9-6-10-17-15/h4-10H,3,11H2,1-2H3. The Balaban J connectivity index is 2.27. The lowest BCUT2D eigenvalue weighted by molar-refractivity contribution is -0.117. The van der Waals surface area contributed by atoms with E-state index in [1.165, 1.54) is 11.0 Å². The zero-order valence-electron chi connectivity index (χ0n) is 12.4. The summed E-state index contributed by atoms with van der Waals surface area (Å²) in [5.74, 6) is 0.00354. The SMILES string of the molecule is CCS(=O)(=O)c1ccccc1CC(=O)N(C)c1ncccn1. The molecule has 0 bridgehead atoms. The van der Waals surface area contributed by atoms with Crippen molar-refractivity contribution in [2.75, 3.05) is 17.7 Å². The molecular weight excluding hydrogens is 302 g/mol. The van der Waals surface area contributed by atoms with E-state index in [0.717, 1.165) is 0 Å². The Morgan fingerprint density at radius 3 is 2.41 bits per heavy atom. The van der Waals surface area contributed by atoms with Crippen LogP contribution < -0.4 is 4.90 Å². The second kappa shape index (κ2) is 6.65. The number of likely N-dealkylation sites (N-methyl/N-ethyl adjacent to an activating group) is 1. The van der Waals surface area contributed by atoms with E-state index < -0.39 is 9.84 Å². The molecule has 0 N–H and O–H groups in total. The highest BCUT2D eigenvalue weighted by Crippen LogP contribution is 2.18. The van der Waals surface area contributed by atoms with Crippen molar-refractivity contribution in [2.45, 2.75) is 18.2 Å². The lowest BCUT2D eigenvalue weighted by Crippen LogP contribution is -2.30. The number of carbonyl (C=O) groups is 1. The van der Waals surface area contributed by atoms with Gasteiger partial charge < -0.3 is 0 Å². The Kier molecular flexibility index (Phi) is 4.87. The average molecular weight is 319 g/mol. The maximum Gasteiger partial charge on any atom is 0.233 e. The minimum Gasteiger partial charge on any atom is -0.284 e. The highest BCUT2D eigenvalue weighted by Gasteiger charge is 2.20. The molecule has 0 saturated heterocycles. The van der Waals surface area contributed by atoms with Crippen molar-refractivity contribution in [1.82, 2.24) is 9.97 Å². The quantitative estimate of drug-likeness (QED) is 0.834. The second-order valence-electron chi connectivity index (χ2n) is 4.69. The van der Waals surface area contributed by atoms with Gasteiger partial charge in [0.15, 0.2) is 9.84 Å². The van der Waals surface area contributed by atoms with Crippen LogP contribution in [-0.4, -0.2) is 37.1 Å². The summed E-state index contributed by atoms with van der Waals surface area (Å²) in [6.07, 6.45) is 3.06. The third-order valence-electron chi connectivity index (χ3n) is 3.26. The molecule has 1 aromatic heterocycles. The molecule has 0 fully saturated rings. The summed E-state index contributed by atoms with van der Waals surface area (Å²) in [5.41, 5.74) is 0.483. The van der Waals surface area contributed by atoms with Gasteiger partial charge in [0.1, 0.15) is 0 Å². The Morgan fingerprint density at radius 2 is 1.77 bits per heavy atom. The molecule has 0 unspecified atom stereocenters. The first kappa shape index (κ1) is 16.1. The summed E-state index contributed by atoms with van der Waals surface area (Å²) in [6, 6.07) is 8.21. The fourth-order valence-electron chi connectivity index (χ4n) is 1.97. The number of hydrogen-bond acceptors (Lipinski definition) is 5. The van der Waals surface area contributed by atoms with E-state index >= 15 is 0 Å². The summed E-state index contributed by atoms with van der Waals surface area (Å²) in [6.45, 7) is 1.58. The van der Waals surface area contributed by atoms with E-state index in [-0.39, 0.29) is 28.9 Å². The predicted molar refractivity (Wildman–Crippen MR) is 83.3 cm³/mol. The number of nitrogens with zero attached hydrogens (tertiary/aromatic N) is 3. The van der Waals surface area contributed by atoms with Crippen molar-refractivity contribution in [3.05, 3.63) is 48.3 Å². The molecule has 0 atom stereocenters. The van der Waals surface area contributed by atoms with Crippen LogP contribution >= 0.6 is 0 Å². The third kappa shape index (κ3) is 3.48. The van der Waals surface area contributed by atoms with Gasteiger partial charge in [-0.1, -0.05) is 25.1 Å². The predicted octanol–water partition coefficient (Wildman–Crippen LogP) is 1.48. The summed E-state index contributed by atoms with van der Waals surface area (Å²) < 4.78 is 24.2. The molecule has 2 rings (SSSR count). The highest BCUT2D eigenvalue weighted by molar-refractivity contribution is 7.91. The molecule has 1 amide bonds. The Labute approximate surface area is 129 Å². The van der Waals surface area contributed by atoms with Crippen LogP contribution in [0.25, 0.3) is 0 Å². The van der Waals surface area contributed by atoms with Gasteiger partial charge in [-0.05, 0) is 17.7 Å². The lowest BCUT2D eigenvalue weighted by Gasteiger charge is -2.16. The van der Waals surface area contributed by atoms with Gasteiger partial charge in [0.05, 0.1) is 17.1 Å². The largest absolute Gasteiger partial charge is 0.284 e. The topological polar surface area (TPSA) is 80.2 Å². The average Bonchev–Trinajstić information content (AvgIpc) is 2.55. The number of hydrogen-bond donors (Lipinski definition) is 0. The number of rotatable bonds is 5. The Bertz CT molecular complexity index is 761. The van der Waals surface area contributed by atoms with Crippen LogP contribution in [0.3, 0.4) is 0 Å². The van der Waals surface area contributed by atoms with Crippen LogP contribution in [0, 0.1) is 0 Å². The smallest absolute Gasteiger partial charge is 0.233 e. The molecule has 116 valence electrons. The van der Waals surface area contributed by atoms with E-state index in [2.05, 4.69) is 9.97 Å². The minimum atomic E-state index is -3.37. The van der Waals surface area contributed by atoms with Gasteiger partial charge in [0, 0.05) is 19.4 Å². The van der Waals surface area contributed by atoms with E-state index in [1.54, 1.807) is 50.6 Å².